The van der Waals surface area contributed by atoms with Gasteiger partial charge in [0.05, 0.1) is 16.9 Å². The fourth-order valence-electron chi connectivity index (χ4n) is 3.69. The Labute approximate surface area is 186 Å². The Morgan fingerprint density at radius 2 is 2.09 bits per heavy atom. The van der Waals surface area contributed by atoms with Crippen LogP contribution < -0.4 is 16.2 Å². The second-order valence-electron chi connectivity index (χ2n) is 7.93. The predicted molar refractivity (Wildman–Crippen MR) is 112 cm³/mol. The number of hydrogen-bond acceptors (Lipinski definition) is 6. The third-order valence-electron chi connectivity index (χ3n) is 5.78. The standard InChI is InChI=1S/C21H20ClF2N5O3/c1-20(19(26)30)9-32-18-12(20)4-16(21(31,8-25)10-6-27-29(2)7-10)28-17(18)11-3-13(22)15(24)5-14(11)23/h3-7,31H,8-9,25H2,1-2H3,(H2,26,30)/t20-,21+/m0/s1. The highest BCUT2D eigenvalue weighted by atomic mass is 35.5. The summed E-state index contributed by atoms with van der Waals surface area (Å²) in [5, 5.41) is 15.2. The average molecular weight is 464 g/mol. The number of amides is 1. The number of aryl methyl sites for hydroxylation is 1. The number of fused-ring (bicyclic) bond motifs is 1. The molecule has 1 aliphatic rings. The molecule has 0 radical (unpaired) electrons. The zero-order chi connectivity index (χ0) is 23.4. The highest BCUT2D eigenvalue weighted by Gasteiger charge is 2.46. The van der Waals surface area contributed by atoms with Crippen molar-refractivity contribution in [3.63, 3.8) is 0 Å². The van der Waals surface area contributed by atoms with Crippen molar-refractivity contribution >= 4 is 17.5 Å². The second-order valence-corrected chi connectivity index (χ2v) is 8.34. The van der Waals surface area contributed by atoms with Gasteiger partial charge in [0, 0.05) is 42.5 Å². The molecule has 1 aliphatic heterocycles. The van der Waals surface area contributed by atoms with E-state index in [2.05, 4.69) is 10.1 Å². The number of nitrogens with two attached hydrogens (primary N) is 2. The Hall–Kier alpha value is -3.08. The number of aliphatic hydroxyl groups is 1. The Morgan fingerprint density at radius 1 is 1.38 bits per heavy atom. The summed E-state index contributed by atoms with van der Waals surface area (Å²) >= 11 is 5.88. The fraction of sp³-hybridized carbons (Fsp3) is 0.286. The van der Waals surface area contributed by atoms with E-state index in [1.54, 1.807) is 20.2 Å². The number of rotatable bonds is 5. The van der Waals surface area contributed by atoms with Crippen LogP contribution in [0.25, 0.3) is 11.3 Å². The van der Waals surface area contributed by atoms with E-state index in [0.29, 0.717) is 17.2 Å². The molecule has 0 spiro atoms. The number of benzene rings is 1. The van der Waals surface area contributed by atoms with Gasteiger partial charge in [-0.25, -0.2) is 13.8 Å². The quantitative estimate of drug-likeness (QED) is 0.494. The molecule has 0 fully saturated rings. The van der Waals surface area contributed by atoms with Crippen LogP contribution in [0.2, 0.25) is 5.02 Å². The molecule has 3 heterocycles. The van der Waals surface area contributed by atoms with Gasteiger partial charge < -0.3 is 21.3 Å². The van der Waals surface area contributed by atoms with Gasteiger partial charge in [-0.05, 0) is 19.1 Å². The number of hydrogen-bond donors (Lipinski definition) is 3. The number of carbonyl (C=O) groups is 1. The second kappa shape index (κ2) is 7.51. The Balaban J connectivity index is 2.05. The van der Waals surface area contributed by atoms with Crippen LogP contribution in [0, 0.1) is 11.6 Å². The highest BCUT2D eigenvalue weighted by molar-refractivity contribution is 6.31. The molecule has 3 aromatic rings. The predicted octanol–water partition coefficient (Wildman–Crippen LogP) is 1.74. The summed E-state index contributed by atoms with van der Waals surface area (Å²) in [7, 11) is 1.66. The summed E-state index contributed by atoms with van der Waals surface area (Å²) in [5.74, 6) is -2.50. The van der Waals surface area contributed by atoms with Crippen LogP contribution in [-0.2, 0) is 22.9 Å². The number of ether oxygens (including phenoxy) is 1. The van der Waals surface area contributed by atoms with Crippen molar-refractivity contribution in [1.82, 2.24) is 14.8 Å². The molecule has 1 aromatic carbocycles. The smallest absolute Gasteiger partial charge is 0.231 e. The number of aromatic nitrogens is 3. The van der Waals surface area contributed by atoms with E-state index in [1.807, 2.05) is 0 Å². The third kappa shape index (κ3) is 3.22. The molecule has 0 aliphatic carbocycles. The summed E-state index contributed by atoms with van der Waals surface area (Å²) in [5.41, 5.74) is 8.83. The van der Waals surface area contributed by atoms with Crippen LogP contribution in [0.3, 0.4) is 0 Å². The van der Waals surface area contributed by atoms with E-state index >= 15 is 0 Å². The van der Waals surface area contributed by atoms with Gasteiger partial charge in [0.1, 0.15) is 40.7 Å². The maximum Gasteiger partial charge on any atom is 0.231 e. The van der Waals surface area contributed by atoms with E-state index in [9.17, 15) is 18.7 Å². The van der Waals surface area contributed by atoms with Crippen molar-refractivity contribution in [2.75, 3.05) is 13.2 Å². The summed E-state index contributed by atoms with van der Waals surface area (Å²) in [4.78, 5) is 16.7. The number of pyridine rings is 1. The van der Waals surface area contributed by atoms with E-state index in [-0.39, 0.29) is 40.9 Å². The molecule has 11 heteroatoms. The van der Waals surface area contributed by atoms with Crippen LogP contribution in [-0.4, -0.2) is 38.9 Å². The summed E-state index contributed by atoms with van der Waals surface area (Å²) < 4.78 is 35.7. The molecule has 2 atom stereocenters. The van der Waals surface area contributed by atoms with Crippen molar-refractivity contribution in [2.24, 2.45) is 18.5 Å². The molecule has 1 amide bonds. The number of carbonyl (C=O) groups excluding carboxylic acids is 1. The van der Waals surface area contributed by atoms with E-state index < -0.39 is 28.6 Å². The molecule has 2 aromatic heterocycles. The highest BCUT2D eigenvalue weighted by Crippen LogP contribution is 2.47. The van der Waals surface area contributed by atoms with Gasteiger partial charge in [0.15, 0.2) is 0 Å². The first-order chi connectivity index (χ1) is 15.0. The first kappa shape index (κ1) is 22.1. The number of halogens is 3. The molecule has 8 nitrogen and oxygen atoms in total. The molecule has 0 unspecified atom stereocenters. The first-order valence-electron chi connectivity index (χ1n) is 9.56. The molecule has 0 saturated carbocycles. The molecular formula is C21H20ClF2N5O3. The largest absolute Gasteiger partial charge is 0.489 e. The van der Waals surface area contributed by atoms with Gasteiger partial charge in [-0.1, -0.05) is 11.6 Å². The minimum Gasteiger partial charge on any atom is -0.489 e. The zero-order valence-electron chi connectivity index (χ0n) is 17.2. The first-order valence-corrected chi connectivity index (χ1v) is 9.94. The monoisotopic (exact) mass is 463 g/mol. The maximum atomic E-state index is 14.8. The van der Waals surface area contributed by atoms with Crippen molar-refractivity contribution in [3.8, 4) is 17.0 Å². The minimum absolute atomic E-state index is 0.0135. The molecule has 32 heavy (non-hydrogen) atoms. The van der Waals surface area contributed by atoms with Crippen LogP contribution in [0.4, 0.5) is 8.78 Å². The Morgan fingerprint density at radius 3 is 2.69 bits per heavy atom. The fourth-order valence-corrected chi connectivity index (χ4v) is 3.85. The lowest BCUT2D eigenvalue weighted by Crippen LogP contribution is -2.41. The number of nitrogens with zero attached hydrogens (tertiary/aromatic N) is 3. The van der Waals surface area contributed by atoms with Crippen molar-refractivity contribution in [1.29, 1.82) is 0 Å². The lowest BCUT2D eigenvalue weighted by molar-refractivity contribution is -0.123. The SMILES string of the molecule is Cn1cc([C@](O)(CN)c2cc3c(c(-c4cc(Cl)c(F)cc4F)n2)OC[C@]3(C)C(N)=O)cn1. The van der Waals surface area contributed by atoms with Crippen LogP contribution >= 0.6 is 11.6 Å². The molecule has 5 N–H and O–H groups in total. The molecule has 0 saturated heterocycles. The summed E-state index contributed by atoms with van der Waals surface area (Å²) in [6.45, 7) is 1.14. The molecule has 4 rings (SSSR count). The molecule has 0 bridgehead atoms. The van der Waals surface area contributed by atoms with Crippen molar-refractivity contribution in [3.05, 3.63) is 64.1 Å². The Bertz CT molecular complexity index is 1250. The summed E-state index contributed by atoms with van der Waals surface area (Å²) in [6, 6.07) is 3.14. The normalized spacial score (nSPS) is 19.3. The van der Waals surface area contributed by atoms with Gasteiger partial charge in [0.25, 0.3) is 0 Å². The van der Waals surface area contributed by atoms with Gasteiger partial charge in [-0.15, -0.1) is 0 Å². The minimum atomic E-state index is -1.83. The topological polar surface area (TPSA) is 129 Å². The third-order valence-corrected chi connectivity index (χ3v) is 6.07. The van der Waals surface area contributed by atoms with Crippen LogP contribution in [0.15, 0.2) is 30.6 Å². The lowest BCUT2D eigenvalue weighted by Gasteiger charge is -2.27. The van der Waals surface area contributed by atoms with E-state index in [4.69, 9.17) is 27.8 Å². The lowest BCUT2D eigenvalue weighted by atomic mass is 9.81. The average Bonchev–Trinajstić information content (AvgIpc) is 3.34. The van der Waals surface area contributed by atoms with Gasteiger partial charge in [-0.2, -0.15) is 5.10 Å². The number of primary amides is 1. The van der Waals surface area contributed by atoms with Gasteiger partial charge in [0.2, 0.25) is 5.91 Å². The zero-order valence-corrected chi connectivity index (χ0v) is 18.0. The van der Waals surface area contributed by atoms with Gasteiger partial charge in [-0.3, -0.25) is 9.48 Å². The van der Waals surface area contributed by atoms with Crippen molar-refractivity contribution in [2.45, 2.75) is 17.9 Å². The maximum absolute atomic E-state index is 14.8. The van der Waals surface area contributed by atoms with Crippen molar-refractivity contribution < 1.29 is 23.4 Å². The Kier molecular flexibility index (Phi) is 5.19. The van der Waals surface area contributed by atoms with Crippen LogP contribution in [0.5, 0.6) is 5.75 Å². The van der Waals surface area contributed by atoms with Gasteiger partial charge >= 0.3 is 0 Å². The van der Waals surface area contributed by atoms with Crippen LogP contribution in [0.1, 0.15) is 23.7 Å². The van der Waals surface area contributed by atoms with E-state index in [1.165, 1.54) is 16.9 Å². The molecule has 168 valence electrons. The van der Waals surface area contributed by atoms with E-state index in [0.717, 1.165) is 6.07 Å². The summed E-state index contributed by atoms with van der Waals surface area (Å²) in [6.07, 6.45) is 2.97. The molecular weight excluding hydrogens is 444 g/mol.